The number of piperazine rings is 1. The lowest BCUT2D eigenvalue weighted by atomic mass is 10.1. The number of nitrogens with zero attached hydrogens (tertiary/aromatic N) is 2. The van der Waals surface area contributed by atoms with Gasteiger partial charge < -0.3 is 4.90 Å². The molecule has 0 atom stereocenters. The number of benzene rings is 1. The summed E-state index contributed by atoms with van der Waals surface area (Å²) in [6.45, 7) is 6.70. The summed E-state index contributed by atoms with van der Waals surface area (Å²) < 4.78 is 0. The molecule has 1 fully saturated rings. The van der Waals surface area contributed by atoms with Crippen LogP contribution in [0.2, 0.25) is 0 Å². The van der Waals surface area contributed by atoms with Gasteiger partial charge in [0.15, 0.2) is 0 Å². The number of hydrogen-bond donors (Lipinski definition) is 0. The first-order valence-electron chi connectivity index (χ1n) is 7.79. The Kier molecular flexibility index (Phi) is 4.90. The van der Waals surface area contributed by atoms with E-state index in [1.54, 1.807) is 11.3 Å². The molecule has 0 aliphatic carbocycles. The normalized spacial score (nSPS) is 16.0. The third-order valence-electron chi connectivity index (χ3n) is 4.12. The molecule has 1 aromatic heterocycles. The van der Waals surface area contributed by atoms with E-state index in [-0.39, 0.29) is 5.91 Å². The highest BCUT2D eigenvalue weighted by atomic mass is 32.1. The molecule has 0 bridgehead atoms. The van der Waals surface area contributed by atoms with Crippen LogP contribution in [0.15, 0.2) is 41.8 Å². The van der Waals surface area contributed by atoms with E-state index in [4.69, 9.17) is 0 Å². The molecule has 22 heavy (non-hydrogen) atoms. The van der Waals surface area contributed by atoms with Crippen molar-refractivity contribution in [1.82, 2.24) is 9.80 Å². The second kappa shape index (κ2) is 7.07. The first-order valence-corrected chi connectivity index (χ1v) is 8.67. The van der Waals surface area contributed by atoms with E-state index in [1.165, 1.54) is 10.4 Å². The third kappa shape index (κ3) is 3.96. The maximum atomic E-state index is 12.4. The molecule has 3 nitrogen and oxygen atoms in total. The number of thiophene rings is 1. The molecule has 2 aromatic rings. The average Bonchev–Trinajstić information content (AvgIpc) is 3.01. The van der Waals surface area contributed by atoms with Crippen molar-refractivity contribution in [2.75, 3.05) is 26.2 Å². The molecule has 3 rings (SSSR count). The fraction of sp³-hybridized carbons (Fsp3) is 0.389. The van der Waals surface area contributed by atoms with Gasteiger partial charge in [-0.05, 0) is 23.9 Å². The van der Waals surface area contributed by atoms with Gasteiger partial charge >= 0.3 is 0 Å². The zero-order valence-electron chi connectivity index (χ0n) is 13.0. The van der Waals surface area contributed by atoms with E-state index in [2.05, 4.69) is 41.5 Å². The number of carbonyl (C=O) groups is 1. The van der Waals surface area contributed by atoms with Gasteiger partial charge in [-0.2, -0.15) is 0 Å². The maximum absolute atomic E-state index is 12.4. The fourth-order valence-electron chi connectivity index (χ4n) is 2.89. The van der Waals surface area contributed by atoms with Crippen molar-refractivity contribution in [3.8, 4) is 0 Å². The maximum Gasteiger partial charge on any atom is 0.227 e. The number of hydrogen-bond acceptors (Lipinski definition) is 3. The van der Waals surface area contributed by atoms with Crippen LogP contribution < -0.4 is 0 Å². The molecule has 0 saturated carbocycles. The minimum absolute atomic E-state index is 0.251. The second-order valence-corrected chi connectivity index (χ2v) is 6.93. The topological polar surface area (TPSA) is 23.6 Å². The van der Waals surface area contributed by atoms with Crippen molar-refractivity contribution in [2.45, 2.75) is 19.9 Å². The Morgan fingerprint density at radius 2 is 1.95 bits per heavy atom. The third-order valence-corrected chi connectivity index (χ3v) is 4.98. The van der Waals surface area contributed by atoms with Crippen molar-refractivity contribution >= 4 is 17.2 Å². The summed E-state index contributed by atoms with van der Waals surface area (Å²) in [6, 6.07) is 12.5. The van der Waals surface area contributed by atoms with Gasteiger partial charge in [-0.3, -0.25) is 9.69 Å². The Morgan fingerprint density at radius 3 is 2.64 bits per heavy atom. The van der Waals surface area contributed by atoms with Gasteiger partial charge in [-0.25, -0.2) is 0 Å². The molecule has 0 unspecified atom stereocenters. The zero-order chi connectivity index (χ0) is 15.4. The largest absolute Gasteiger partial charge is 0.340 e. The molecular weight excluding hydrogens is 292 g/mol. The lowest BCUT2D eigenvalue weighted by Gasteiger charge is -2.34. The Balaban J connectivity index is 1.49. The van der Waals surface area contributed by atoms with Crippen LogP contribution in [-0.4, -0.2) is 41.9 Å². The predicted octanol–water partition coefficient (Wildman–Crippen LogP) is 2.94. The predicted molar refractivity (Wildman–Crippen MR) is 91.1 cm³/mol. The first-order chi connectivity index (χ1) is 10.7. The Bertz CT molecular complexity index is 616. The van der Waals surface area contributed by atoms with Gasteiger partial charge in [-0.15, -0.1) is 11.3 Å². The number of carbonyl (C=O) groups excluding carboxylic acids is 1. The molecule has 0 N–H and O–H groups in total. The van der Waals surface area contributed by atoms with Crippen LogP contribution in [0.5, 0.6) is 0 Å². The summed E-state index contributed by atoms with van der Waals surface area (Å²) in [5.41, 5.74) is 2.33. The Hall–Kier alpha value is -1.65. The van der Waals surface area contributed by atoms with E-state index in [0.29, 0.717) is 6.42 Å². The summed E-state index contributed by atoms with van der Waals surface area (Å²) in [5.74, 6) is 0.251. The van der Waals surface area contributed by atoms with Crippen LogP contribution in [0.25, 0.3) is 0 Å². The number of aryl methyl sites for hydroxylation is 1. The van der Waals surface area contributed by atoms with E-state index >= 15 is 0 Å². The van der Waals surface area contributed by atoms with Crippen LogP contribution in [-0.2, 0) is 17.8 Å². The van der Waals surface area contributed by atoms with E-state index in [9.17, 15) is 4.79 Å². The Labute approximate surface area is 136 Å². The molecule has 2 heterocycles. The molecule has 1 saturated heterocycles. The van der Waals surface area contributed by atoms with Crippen molar-refractivity contribution in [1.29, 1.82) is 0 Å². The van der Waals surface area contributed by atoms with Crippen LogP contribution in [0.4, 0.5) is 0 Å². The van der Waals surface area contributed by atoms with E-state index < -0.39 is 0 Å². The highest BCUT2D eigenvalue weighted by molar-refractivity contribution is 7.09. The van der Waals surface area contributed by atoms with Crippen LogP contribution in [0.3, 0.4) is 0 Å². The average molecular weight is 314 g/mol. The summed E-state index contributed by atoms with van der Waals surface area (Å²) in [4.78, 5) is 18.3. The summed E-state index contributed by atoms with van der Waals surface area (Å²) in [5, 5.41) is 2.12. The highest BCUT2D eigenvalue weighted by Crippen LogP contribution is 2.14. The molecule has 1 aliphatic heterocycles. The van der Waals surface area contributed by atoms with Gasteiger partial charge in [0.2, 0.25) is 5.91 Å². The SMILES string of the molecule is Cc1cccc(CC(=O)N2CCN(Cc3cccs3)CC2)c1. The lowest BCUT2D eigenvalue weighted by Crippen LogP contribution is -2.48. The Morgan fingerprint density at radius 1 is 1.14 bits per heavy atom. The quantitative estimate of drug-likeness (QED) is 0.866. The van der Waals surface area contributed by atoms with Crippen molar-refractivity contribution < 1.29 is 4.79 Å². The molecular formula is C18H22N2OS. The minimum atomic E-state index is 0.251. The van der Waals surface area contributed by atoms with E-state index in [0.717, 1.165) is 38.3 Å². The first kappa shape index (κ1) is 15.3. The molecule has 4 heteroatoms. The van der Waals surface area contributed by atoms with Crippen molar-refractivity contribution in [2.24, 2.45) is 0 Å². The molecule has 0 spiro atoms. The molecule has 1 amide bonds. The van der Waals surface area contributed by atoms with Gasteiger partial charge in [0.05, 0.1) is 6.42 Å². The molecule has 1 aliphatic rings. The summed E-state index contributed by atoms with van der Waals surface area (Å²) >= 11 is 1.80. The minimum Gasteiger partial charge on any atom is -0.340 e. The van der Waals surface area contributed by atoms with Gasteiger partial charge in [0, 0.05) is 37.6 Å². The smallest absolute Gasteiger partial charge is 0.227 e. The lowest BCUT2D eigenvalue weighted by molar-refractivity contribution is -0.132. The van der Waals surface area contributed by atoms with E-state index in [1.807, 2.05) is 17.0 Å². The summed E-state index contributed by atoms with van der Waals surface area (Å²) in [6.07, 6.45) is 0.520. The van der Waals surface area contributed by atoms with Crippen LogP contribution in [0, 0.1) is 6.92 Å². The monoisotopic (exact) mass is 314 g/mol. The van der Waals surface area contributed by atoms with Crippen LogP contribution >= 0.6 is 11.3 Å². The van der Waals surface area contributed by atoms with Crippen LogP contribution in [0.1, 0.15) is 16.0 Å². The number of amides is 1. The zero-order valence-corrected chi connectivity index (χ0v) is 13.8. The summed E-state index contributed by atoms with van der Waals surface area (Å²) in [7, 11) is 0. The standard InChI is InChI=1S/C18H22N2OS/c1-15-4-2-5-16(12-15)13-18(21)20-9-7-19(8-10-20)14-17-6-3-11-22-17/h2-6,11-12H,7-10,13-14H2,1H3. The number of rotatable bonds is 4. The molecule has 0 radical (unpaired) electrons. The second-order valence-electron chi connectivity index (χ2n) is 5.90. The fourth-order valence-corrected chi connectivity index (χ4v) is 3.63. The molecule has 116 valence electrons. The van der Waals surface area contributed by atoms with Gasteiger partial charge in [0.1, 0.15) is 0 Å². The molecule has 1 aromatic carbocycles. The van der Waals surface area contributed by atoms with Gasteiger partial charge in [0.25, 0.3) is 0 Å². The van der Waals surface area contributed by atoms with Crippen molar-refractivity contribution in [3.05, 3.63) is 57.8 Å². The highest BCUT2D eigenvalue weighted by Gasteiger charge is 2.21. The van der Waals surface area contributed by atoms with Gasteiger partial charge in [-0.1, -0.05) is 35.9 Å². The van der Waals surface area contributed by atoms with Crippen molar-refractivity contribution in [3.63, 3.8) is 0 Å².